The molecular weight excluding hydrogens is 328 g/mol. The summed E-state index contributed by atoms with van der Waals surface area (Å²) in [6, 6.07) is 1.69. The average Bonchev–Trinajstić information content (AvgIpc) is 2.24. The SMILES string of the molecule is O=S1(=O)CCCC(Nc2cc(F)c(Br)cc2F)C1. The Hall–Kier alpha value is -0.690. The second-order valence-corrected chi connectivity index (χ2v) is 7.43. The third kappa shape index (κ3) is 3.20. The van der Waals surface area contributed by atoms with E-state index in [1.165, 1.54) is 0 Å². The number of anilines is 1. The maximum absolute atomic E-state index is 13.6. The summed E-state index contributed by atoms with van der Waals surface area (Å²) >= 11 is 2.88. The Labute approximate surface area is 113 Å². The van der Waals surface area contributed by atoms with Crippen LogP contribution in [-0.4, -0.2) is 26.0 Å². The molecule has 1 aromatic rings. The number of nitrogens with one attached hydrogen (secondary N) is 1. The standard InChI is InChI=1S/C11H12BrF2NO2S/c12-8-4-10(14)11(5-9(8)13)15-7-2-1-3-18(16,17)6-7/h4-5,7,15H,1-3,6H2. The summed E-state index contributed by atoms with van der Waals surface area (Å²) in [6.07, 6.45) is 1.18. The summed E-state index contributed by atoms with van der Waals surface area (Å²) < 4.78 is 49.8. The van der Waals surface area contributed by atoms with Crippen LogP contribution in [0.4, 0.5) is 14.5 Å². The van der Waals surface area contributed by atoms with E-state index in [9.17, 15) is 17.2 Å². The number of hydrogen-bond acceptors (Lipinski definition) is 3. The highest BCUT2D eigenvalue weighted by molar-refractivity contribution is 9.10. The van der Waals surface area contributed by atoms with Gasteiger partial charge in [-0.2, -0.15) is 0 Å². The smallest absolute Gasteiger partial charge is 0.152 e. The first-order valence-corrected chi connectivity index (χ1v) is 8.10. The van der Waals surface area contributed by atoms with E-state index in [1.54, 1.807) is 0 Å². The molecule has 1 atom stereocenters. The number of benzene rings is 1. The van der Waals surface area contributed by atoms with Crippen LogP contribution in [0.2, 0.25) is 0 Å². The predicted molar refractivity (Wildman–Crippen MR) is 69.4 cm³/mol. The molecule has 0 spiro atoms. The Balaban J connectivity index is 2.17. The largest absolute Gasteiger partial charge is 0.379 e. The Morgan fingerprint density at radius 2 is 2.00 bits per heavy atom. The van der Waals surface area contributed by atoms with Crippen LogP contribution in [0.1, 0.15) is 12.8 Å². The lowest BCUT2D eigenvalue weighted by molar-refractivity contribution is 0.557. The average molecular weight is 340 g/mol. The summed E-state index contributed by atoms with van der Waals surface area (Å²) in [4.78, 5) is 0. The second kappa shape index (κ2) is 5.13. The molecule has 18 heavy (non-hydrogen) atoms. The fraction of sp³-hybridized carbons (Fsp3) is 0.455. The molecule has 1 heterocycles. The lowest BCUT2D eigenvalue weighted by Crippen LogP contribution is -2.35. The lowest BCUT2D eigenvalue weighted by Gasteiger charge is -2.24. The van der Waals surface area contributed by atoms with Crippen molar-refractivity contribution in [2.75, 3.05) is 16.8 Å². The van der Waals surface area contributed by atoms with E-state index in [0.717, 1.165) is 12.1 Å². The third-order valence-electron chi connectivity index (χ3n) is 2.83. The lowest BCUT2D eigenvalue weighted by atomic mass is 10.1. The van der Waals surface area contributed by atoms with E-state index < -0.39 is 21.5 Å². The quantitative estimate of drug-likeness (QED) is 0.842. The van der Waals surface area contributed by atoms with Crippen molar-refractivity contribution in [2.45, 2.75) is 18.9 Å². The van der Waals surface area contributed by atoms with Crippen molar-refractivity contribution in [1.82, 2.24) is 0 Å². The number of halogens is 3. The fourth-order valence-corrected chi connectivity index (χ4v) is 3.94. The van der Waals surface area contributed by atoms with Gasteiger partial charge in [-0.05, 0) is 34.8 Å². The van der Waals surface area contributed by atoms with E-state index in [2.05, 4.69) is 21.2 Å². The van der Waals surface area contributed by atoms with Crippen molar-refractivity contribution in [3.05, 3.63) is 28.2 Å². The first-order chi connectivity index (χ1) is 8.37. The predicted octanol–water partition coefficient (Wildman–Crippen LogP) is 2.72. The van der Waals surface area contributed by atoms with Gasteiger partial charge in [0.15, 0.2) is 9.84 Å². The van der Waals surface area contributed by atoms with Gasteiger partial charge in [0.2, 0.25) is 0 Å². The van der Waals surface area contributed by atoms with Crippen LogP contribution in [0.15, 0.2) is 16.6 Å². The summed E-state index contributed by atoms with van der Waals surface area (Å²) in [5, 5.41) is 2.76. The van der Waals surface area contributed by atoms with Gasteiger partial charge in [0, 0.05) is 12.1 Å². The van der Waals surface area contributed by atoms with Crippen LogP contribution in [0.5, 0.6) is 0 Å². The zero-order valence-electron chi connectivity index (χ0n) is 9.42. The van der Waals surface area contributed by atoms with Gasteiger partial charge in [-0.1, -0.05) is 0 Å². The normalized spacial score (nSPS) is 22.7. The van der Waals surface area contributed by atoms with Crippen LogP contribution < -0.4 is 5.32 Å². The first kappa shape index (κ1) is 13.7. The van der Waals surface area contributed by atoms with Crippen LogP contribution >= 0.6 is 15.9 Å². The molecule has 0 saturated carbocycles. The van der Waals surface area contributed by atoms with Crippen molar-refractivity contribution in [1.29, 1.82) is 0 Å². The summed E-state index contributed by atoms with van der Waals surface area (Å²) in [5.74, 6) is -1.06. The molecule has 0 radical (unpaired) electrons. The minimum absolute atomic E-state index is 0.00204. The molecule has 0 aliphatic carbocycles. The highest BCUT2D eigenvalue weighted by Gasteiger charge is 2.25. The zero-order valence-corrected chi connectivity index (χ0v) is 11.8. The highest BCUT2D eigenvalue weighted by atomic mass is 79.9. The minimum Gasteiger partial charge on any atom is -0.379 e. The maximum Gasteiger partial charge on any atom is 0.152 e. The van der Waals surface area contributed by atoms with E-state index >= 15 is 0 Å². The number of sulfone groups is 1. The van der Waals surface area contributed by atoms with Gasteiger partial charge in [-0.15, -0.1) is 0 Å². The molecular formula is C11H12BrF2NO2S. The topological polar surface area (TPSA) is 46.2 Å². The van der Waals surface area contributed by atoms with Crippen LogP contribution in [0.25, 0.3) is 0 Å². The van der Waals surface area contributed by atoms with E-state index in [4.69, 9.17) is 0 Å². The first-order valence-electron chi connectivity index (χ1n) is 5.49. The molecule has 0 amide bonds. The van der Waals surface area contributed by atoms with E-state index in [1.807, 2.05) is 0 Å². The summed E-state index contributed by atoms with van der Waals surface area (Å²) in [5.41, 5.74) is -0.00204. The molecule has 1 aliphatic heterocycles. The van der Waals surface area contributed by atoms with Gasteiger partial charge in [-0.25, -0.2) is 17.2 Å². The monoisotopic (exact) mass is 339 g/mol. The zero-order chi connectivity index (χ0) is 13.3. The number of rotatable bonds is 2. The van der Waals surface area contributed by atoms with Crippen molar-refractivity contribution in [3.8, 4) is 0 Å². The van der Waals surface area contributed by atoms with Gasteiger partial charge in [0.1, 0.15) is 11.6 Å². The molecule has 7 heteroatoms. The van der Waals surface area contributed by atoms with E-state index in [0.29, 0.717) is 12.8 Å². The molecule has 1 fully saturated rings. The van der Waals surface area contributed by atoms with Crippen molar-refractivity contribution in [2.24, 2.45) is 0 Å². The van der Waals surface area contributed by atoms with Crippen molar-refractivity contribution in [3.63, 3.8) is 0 Å². The third-order valence-corrected chi connectivity index (χ3v) is 5.26. The van der Waals surface area contributed by atoms with Gasteiger partial charge >= 0.3 is 0 Å². The Morgan fingerprint density at radius 3 is 2.67 bits per heavy atom. The Bertz CT molecular complexity index is 562. The van der Waals surface area contributed by atoms with Crippen molar-refractivity contribution >= 4 is 31.5 Å². The van der Waals surface area contributed by atoms with Gasteiger partial charge < -0.3 is 5.32 Å². The molecule has 1 aromatic carbocycles. The van der Waals surface area contributed by atoms with E-state index in [-0.39, 0.29) is 27.7 Å². The van der Waals surface area contributed by atoms with Crippen LogP contribution in [0.3, 0.4) is 0 Å². The van der Waals surface area contributed by atoms with Crippen LogP contribution in [0, 0.1) is 11.6 Å². The highest BCUT2D eigenvalue weighted by Crippen LogP contribution is 2.25. The Morgan fingerprint density at radius 1 is 1.28 bits per heavy atom. The molecule has 1 N–H and O–H groups in total. The van der Waals surface area contributed by atoms with Gasteiger partial charge in [0.05, 0.1) is 21.7 Å². The minimum atomic E-state index is -3.07. The summed E-state index contributed by atoms with van der Waals surface area (Å²) in [7, 11) is -3.07. The molecule has 3 nitrogen and oxygen atoms in total. The van der Waals surface area contributed by atoms with Gasteiger partial charge in [-0.3, -0.25) is 0 Å². The second-order valence-electron chi connectivity index (χ2n) is 4.34. The molecule has 1 unspecified atom stereocenters. The molecule has 100 valence electrons. The number of hydrogen-bond donors (Lipinski definition) is 1. The van der Waals surface area contributed by atoms with Gasteiger partial charge in [0.25, 0.3) is 0 Å². The molecule has 1 aliphatic rings. The molecule has 2 rings (SSSR count). The van der Waals surface area contributed by atoms with Crippen LogP contribution in [-0.2, 0) is 9.84 Å². The Kier molecular flexibility index (Phi) is 3.91. The van der Waals surface area contributed by atoms with Crippen molar-refractivity contribution < 1.29 is 17.2 Å². The summed E-state index contributed by atoms with van der Waals surface area (Å²) in [6.45, 7) is 0. The molecule has 0 aromatic heterocycles. The molecule has 0 bridgehead atoms. The maximum atomic E-state index is 13.6. The fourth-order valence-electron chi connectivity index (χ4n) is 1.99. The molecule has 1 saturated heterocycles.